The quantitative estimate of drug-likeness (QED) is 0.615. The summed E-state index contributed by atoms with van der Waals surface area (Å²) < 4.78 is 5.56. The summed E-state index contributed by atoms with van der Waals surface area (Å²) in [5, 5.41) is 6.19. The van der Waals surface area contributed by atoms with Crippen LogP contribution in [0.2, 0.25) is 0 Å². The number of aliphatic imine (C=N–C) groups is 1. The average molecular weight is 343 g/mol. The topological polar surface area (TPSA) is 82.8 Å². The summed E-state index contributed by atoms with van der Waals surface area (Å²) in [4.78, 5) is 22.2. The van der Waals surface area contributed by atoms with Crippen molar-refractivity contribution >= 4 is 11.9 Å². The Morgan fingerprint density at radius 1 is 1.20 bits per heavy atom. The van der Waals surface area contributed by atoms with Gasteiger partial charge in [-0.2, -0.15) is 0 Å². The Morgan fingerprint density at radius 3 is 2.52 bits per heavy atom. The van der Waals surface area contributed by atoms with E-state index in [1.807, 2.05) is 44.2 Å². The number of aryl methyl sites for hydroxylation is 2. The number of aromatic nitrogens is 1. The van der Waals surface area contributed by atoms with Gasteiger partial charge in [0.1, 0.15) is 5.76 Å². The van der Waals surface area contributed by atoms with E-state index in [0.717, 1.165) is 17.0 Å². The van der Waals surface area contributed by atoms with E-state index < -0.39 is 0 Å². The highest BCUT2D eigenvalue weighted by atomic mass is 16.4. The molecule has 2 N–H and O–H groups in total. The molecule has 0 spiro atoms. The minimum absolute atomic E-state index is 0.0305. The van der Waals surface area contributed by atoms with Crippen LogP contribution in [0.3, 0.4) is 0 Å². The van der Waals surface area contributed by atoms with Gasteiger partial charge < -0.3 is 20.0 Å². The first kappa shape index (κ1) is 18.5. The number of hydrogen-bond acceptors (Lipinski definition) is 4. The fourth-order valence-electron chi connectivity index (χ4n) is 2.02. The van der Waals surface area contributed by atoms with Gasteiger partial charge in [0.15, 0.2) is 5.96 Å². The van der Waals surface area contributed by atoms with Crippen molar-refractivity contribution in [2.24, 2.45) is 4.99 Å². The van der Waals surface area contributed by atoms with Gasteiger partial charge in [0.05, 0.1) is 25.3 Å². The number of nitrogens with zero attached hydrogens (tertiary/aromatic N) is 3. The minimum atomic E-state index is -0.0305. The summed E-state index contributed by atoms with van der Waals surface area (Å²) in [6, 6.07) is 9.92. The van der Waals surface area contributed by atoms with Crippen LogP contribution in [-0.4, -0.2) is 42.4 Å². The fourth-order valence-corrected chi connectivity index (χ4v) is 2.02. The molecule has 0 unspecified atom stereocenters. The van der Waals surface area contributed by atoms with Crippen LogP contribution >= 0.6 is 0 Å². The van der Waals surface area contributed by atoms with Crippen LogP contribution < -0.4 is 10.6 Å². The van der Waals surface area contributed by atoms with Gasteiger partial charge in [-0.1, -0.05) is 30.3 Å². The molecule has 0 fully saturated rings. The monoisotopic (exact) mass is 343 g/mol. The number of guanidine groups is 1. The lowest BCUT2D eigenvalue weighted by molar-refractivity contribution is -0.127. The van der Waals surface area contributed by atoms with Gasteiger partial charge in [0.25, 0.3) is 0 Å². The molecule has 7 nitrogen and oxygen atoms in total. The number of hydrogen-bond donors (Lipinski definition) is 2. The van der Waals surface area contributed by atoms with E-state index in [0.29, 0.717) is 24.9 Å². The molecule has 0 aliphatic heterocycles. The molecule has 0 radical (unpaired) electrons. The summed E-state index contributed by atoms with van der Waals surface area (Å²) in [5.74, 6) is 1.89. The van der Waals surface area contributed by atoms with E-state index in [9.17, 15) is 4.79 Å². The summed E-state index contributed by atoms with van der Waals surface area (Å²) in [6.07, 6.45) is 0. The maximum Gasteiger partial charge on any atom is 0.241 e. The van der Waals surface area contributed by atoms with E-state index >= 15 is 0 Å². The Hall–Kier alpha value is -2.83. The zero-order valence-electron chi connectivity index (χ0n) is 15.2. The Kier molecular flexibility index (Phi) is 6.56. The van der Waals surface area contributed by atoms with Crippen molar-refractivity contribution in [1.29, 1.82) is 0 Å². The smallest absolute Gasteiger partial charge is 0.241 e. The Labute approximate surface area is 148 Å². The standard InChI is InChI=1S/C18H25N5O2/c1-13-14(2)25-16(22-13)11-20-18(21-12-17(24)23(3)4)19-10-15-8-6-5-7-9-15/h5-9H,10-12H2,1-4H3,(H2,19,20,21). The highest BCUT2D eigenvalue weighted by molar-refractivity contribution is 5.86. The van der Waals surface area contributed by atoms with Crippen LogP contribution in [0.4, 0.5) is 0 Å². The van der Waals surface area contributed by atoms with Gasteiger partial charge >= 0.3 is 0 Å². The molecule has 0 saturated carbocycles. The van der Waals surface area contributed by atoms with Crippen LogP contribution in [0.25, 0.3) is 0 Å². The Balaban J connectivity index is 2.00. The van der Waals surface area contributed by atoms with Crippen molar-refractivity contribution in [1.82, 2.24) is 20.5 Å². The maximum absolute atomic E-state index is 11.8. The number of oxazole rings is 1. The molecule has 0 atom stereocenters. The lowest BCUT2D eigenvalue weighted by Gasteiger charge is -2.14. The second-order valence-corrected chi connectivity index (χ2v) is 5.89. The highest BCUT2D eigenvalue weighted by Gasteiger charge is 2.09. The van der Waals surface area contributed by atoms with Gasteiger partial charge in [0.2, 0.25) is 11.8 Å². The van der Waals surface area contributed by atoms with E-state index in [4.69, 9.17) is 4.42 Å². The molecule has 1 aromatic carbocycles. The number of likely N-dealkylation sites (N-methyl/N-ethyl adjacent to an activating group) is 1. The van der Waals surface area contributed by atoms with E-state index in [-0.39, 0.29) is 12.5 Å². The van der Waals surface area contributed by atoms with E-state index in [1.165, 1.54) is 4.90 Å². The molecule has 2 rings (SSSR count). The molecule has 0 aliphatic carbocycles. The van der Waals surface area contributed by atoms with Crippen molar-refractivity contribution in [3.8, 4) is 0 Å². The SMILES string of the molecule is Cc1nc(CNC(=NCc2ccccc2)NCC(=O)N(C)C)oc1C. The number of benzene rings is 1. The molecule has 1 heterocycles. The molecule has 0 saturated heterocycles. The minimum Gasteiger partial charge on any atom is -0.444 e. The van der Waals surface area contributed by atoms with Crippen LogP contribution in [0.5, 0.6) is 0 Å². The Morgan fingerprint density at radius 2 is 1.92 bits per heavy atom. The first-order valence-corrected chi connectivity index (χ1v) is 8.15. The van der Waals surface area contributed by atoms with Crippen LogP contribution in [0.15, 0.2) is 39.7 Å². The average Bonchev–Trinajstić information content (AvgIpc) is 2.92. The summed E-state index contributed by atoms with van der Waals surface area (Å²) in [6.45, 7) is 4.85. The molecule has 0 aliphatic rings. The summed E-state index contributed by atoms with van der Waals surface area (Å²) >= 11 is 0. The van der Waals surface area contributed by atoms with Crippen molar-refractivity contribution < 1.29 is 9.21 Å². The molecule has 134 valence electrons. The first-order valence-electron chi connectivity index (χ1n) is 8.15. The van der Waals surface area contributed by atoms with Crippen LogP contribution in [-0.2, 0) is 17.9 Å². The molecule has 0 bridgehead atoms. The zero-order valence-corrected chi connectivity index (χ0v) is 15.2. The predicted molar refractivity (Wildman–Crippen MR) is 97.1 cm³/mol. The van der Waals surface area contributed by atoms with E-state index in [2.05, 4.69) is 20.6 Å². The van der Waals surface area contributed by atoms with Crippen molar-refractivity contribution in [3.05, 3.63) is 53.2 Å². The molecular weight excluding hydrogens is 318 g/mol. The maximum atomic E-state index is 11.8. The van der Waals surface area contributed by atoms with Gasteiger partial charge in [-0.05, 0) is 19.4 Å². The number of carbonyl (C=O) groups is 1. The molecule has 1 amide bonds. The number of amides is 1. The molecule has 2 aromatic rings. The normalized spacial score (nSPS) is 11.3. The second-order valence-electron chi connectivity index (χ2n) is 5.89. The summed E-state index contributed by atoms with van der Waals surface area (Å²) in [7, 11) is 3.44. The highest BCUT2D eigenvalue weighted by Crippen LogP contribution is 2.07. The first-order chi connectivity index (χ1) is 12.0. The number of rotatable bonds is 6. The van der Waals surface area contributed by atoms with Crippen molar-refractivity contribution in [3.63, 3.8) is 0 Å². The van der Waals surface area contributed by atoms with Crippen LogP contribution in [0, 0.1) is 13.8 Å². The third kappa shape index (κ3) is 5.95. The molecule has 25 heavy (non-hydrogen) atoms. The van der Waals surface area contributed by atoms with Gasteiger partial charge in [-0.25, -0.2) is 9.98 Å². The molecule has 7 heteroatoms. The molecule has 1 aromatic heterocycles. The number of carbonyl (C=O) groups excluding carboxylic acids is 1. The number of nitrogens with one attached hydrogen (secondary N) is 2. The lowest BCUT2D eigenvalue weighted by Crippen LogP contribution is -2.42. The Bertz CT molecular complexity index is 703. The van der Waals surface area contributed by atoms with Crippen molar-refractivity contribution in [2.75, 3.05) is 20.6 Å². The molecular formula is C18H25N5O2. The van der Waals surface area contributed by atoms with E-state index in [1.54, 1.807) is 14.1 Å². The predicted octanol–water partition coefficient (Wildman–Crippen LogP) is 1.62. The third-order valence-corrected chi connectivity index (χ3v) is 3.65. The van der Waals surface area contributed by atoms with Gasteiger partial charge in [0, 0.05) is 14.1 Å². The van der Waals surface area contributed by atoms with Crippen LogP contribution in [0.1, 0.15) is 22.9 Å². The lowest BCUT2D eigenvalue weighted by atomic mass is 10.2. The van der Waals surface area contributed by atoms with Crippen molar-refractivity contribution in [2.45, 2.75) is 26.9 Å². The third-order valence-electron chi connectivity index (χ3n) is 3.65. The largest absolute Gasteiger partial charge is 0.444 e. The zero-order chi connectivity index (χ0) is 18.2. The second kappa shape index (κ2) is 8.86. The fraction of sp³-hybridized carbons (Fsp3) is 0.389. The summed E-state index contributed by atoms with van der Waals surface area (Å²) in [5.41, 5.74) is 1.96. The van der Waals surface area contributed by atoms with Gasteiger partial charge in [-0.15, -0.1) is 0 Å². The van der Waals surface area contributed by atoms with Gasteiger partial charge in [-0.3, -0.25) is 4.79 Å².